The second kappa shape index (κ2) is 7.17. The van der Waals surface area contributed by atoms with Gasteiger partial charge in [-0.2, -0.15) is 0 Å². The maximum Gasteiger partial charge on any atom is 0.254 e. The van der Waals surface area contributed by atoms with Crippen molar-refractivity contribution in [1.82, 2.24) is 9.80 Å². The van der Waals surface area contributed by atoms with Crippen LogP contribution in [0.1, 0.15) is 31.1 Å². The molecule has 0 N–H and O–H groups in total. The molecule has 2 aromatic carbocycles. The largest absolute Gasteiger partial charge is 0.545 e. The Hall–Kier alpha value is -3.15. The Labute approximate surface area is 145 Å². The molecule has 0 unspecified atom stereocenters. The number of amides is 2. The molecule has 25 heavy (non-hydrogen) atoms. The lowest BCUT2D eigenvalue weighted by molar-refractivity contribution is -0.255. The van der Waals surface area contributed by atoms with Gasteiger partial charge in [-0.15, -0.1) is 0 Å². The summed E-state index contributed by atoms with van der Waals surface area (Å²) in [5.41, 5.74) is 0.616. The lowest BCUT2D eigenvalue weighted by Gasteiger charge is -2.35. The SMILES string of the molecule is O=C([O-])c1ccccc1C(=O)N1CCN(C(=O)c2ccccc2)CC1. The fourth-order valence-corrected chi connectivity index (χ4v) is 2.89. The minimum Gasteiger partial charge on any atom is -0.545 e. The maximum atomic E-state index is 12.6. The lowest BCUT2D eigenvalue weighted by Crippen LogP contribution is -2.50. The molecule has 2 aromatic rings. The molecule has 1 aliphatic heterocycles. The van der Waals surface area contributed by atoms with Gasteiger partial charge < -0.3 is 19.7 Å². The number of hydrogen-bond acceptors (Lipinski definition) is 4. The van der Waals surface area contributed by atoms with E-state index in [1.54, 1.807) is 34.1 Å². The van der Waals surface area contributed by atoms with E-state index in [9.17, 15) is 19.5 Å². The number of benzene rings is 2. The lowest BCUT2D eigenvalue weighted by atomic mass is 10.1. The van der Waals surface area contributed by atoms with Crippen LogP contribution in [0.5, 0.6) is 0 Å². The topological polar surface area (TPSA) is 80.8 Å². The average molecular weight is 337 g/mol. The van der Waals surface area contributed by atoms with Gasteiger partial charge in [-0.3, -0.25) is 9.59 Å². The molecule has 0 saturated carbocycles. The molecular formula is C19H17N2O4-. The summed E-state index contributed by atoms with van der Waals surface area (Å²) in [6.45, 7) is 1.54. The van der Waals surface area contributed by atoms with Crippen LogP contribution in [0.25, 0.3) is 0 Å². The fraction of sp³-hybridized carbons (Fsp3) is 0.211. The highest BCUT2D eigenvalue weighted by Gasteiger charge is 2.26. The summed E-state index contributed by atoms with van der Waals surface area (Å²) < 4.78 is 0. The first kappa shape index (κ1) is 16.7. The number of carboxylic acids is 1. The van der Waals surface area contributed by atoms with Gasteiger partial charge in [-0.1, -0.05) is 36.4 Å². The molecule has 0 spiro atoms. The Bertz CT molecular complexity index is 796. The van der Waals surface area contributed by atoms with E-state index in [0.29, 0.717) is 31.7 Å². The molecule has 0 bridgehead atoms. The highest BCUT2D eigenvalue weighted by Crippen LogP contribution is 2.14. The molecule has 3 rings (SSSR count). The van der Waals surface area contributed by atoms with E-state index >= 15 is 0 Å². The van der Waals surface area contributed by atoms with Crippen molar-refractivity contribution in [3.8, 4) is 0 Å². The number of piperazine rings is 1. The zero-order valence-electron chi connectivity index (χ0n) is 13.6. The molecule has 0 radical (unpaired) electrons. The maximum absolute atomic E-state index is 12.6. The number of aromatic carboxylic acids is 1. The van der Waals surface area contributed by atoms with Gasteiger partial charge in [0, 0.05) is 42.9 Å². The summed E-state index contributed by atoms with van der Waals surface area (Å²) in [4.78, 5) is 39.5. The van der Waals surface area contributed by atoms with E-state index in [-0.39, 0.29) is 22.9 Å². The van der Waals surface area contributed by atoms with Gasteiger partial charge in [0.1, 0.15) is 0 Å². The second-order valence-electron chi connectivity index (χ2n) is 5.78. The first-order chi connectivity index (χ1) is 12.1. The summed E-state index contributed by atoms with van der Waals surface area (Å²) in [5, 5.41) is 11.2. The van der Waals surface area contributed by atoms with Crippen molar-refractivity contribution in [2.75, 3.05) is 26.2 Å². The zero-order valence-corrected chi connectivity index (χ0v) is 13.6. The van der Waals surface area contributed by atoms with E-state index in [2.05, 4.69) is 0 Å². The minimum atomic E-state index is -1.37. The predicted molar refractivity (Wildman–Crippen MR) is 89.0 cm³/mol. The van der Waals surface area contributed by atoms with Crippen molar-refractivity contribution in [2.24, 2.45) is 0 Å². The van der Waals surface area contributed by atoms with Crippen LogP contribution in [0, 0.1) is 0 Å². The van der Waals surface area contributed by atoms with Crippen molar-refractivity contribution >= 4 is 17.8 Å². The van der Waals surface area contributed by atoms with Crippen LogP contribution in [0.2, 0.25) is 0 Å². The van der Waals surface area contributed by atoms with Crippen LogP contribution < -0.4 is 5.11 Å². The molecule has 2 amide bonds. The zero-order chi connectivity index (χ0) is 17.8. The van der Waals surface area contributed by atoms with Gasteiger partial charge in [0.15, 0.2) is 0 Å². The smallest absolute Gasteiger partial charge is 0.254 e. The van der Waals surface area contributed by atoms with E-state index in [0.717, 1.165) is 0 Å². The Balaban J connectivity index is 1.68. The van der Waals surface area contributed by atoms with Gasteiger partial charge in [0.05, 0.1) is 5.97 Å². The third-order valence-electron chi connectivity index (χ3n) is 4.25. The summed E-state index contributed by atoms with van der Waals surface area (Å²) in [6, 6.07) is 15.0. The number of carbonyl (C=O) groups is 3. The van der Waals surface area contributed by atoms with E-state index in [4.69, 9.17) is 0 Å². The molecule has 6 heteroatoms. The van der Waals surface area contributed by atoms with Gasteiger partial charge in [0.2, 0.25) is 0 Å². The van der Waals surface area contributed by atoms with Crippen molar-refractivity contribution in [1.29, 1.82) is 0 Å². The molecule has 6 nitrogen and oxygen atoms in total. The standard InChI is InChI=1S/C19H18N2O4/c22-17(14-6-2-1-3-7-14)20-10-12-21(13-11-20)18(23)15-8-4-5-9-16(15)19(24)25/h1-9H,10-13H2,(H,24,25)/p-1. The second-order valence-corrected chi connectivity index (χ2v) is 5.78. The Morgan fingerprint density at radius 3 is 1.72 bits per heavy atom. The first-order valence-corrected chi connectivity index (χ1v) is 8.02. The van der Waals surface area contributed by atoms with Gasteiger partial charge >= 0.3 is 0 Å². The summed E-state index contributed by atoms with van der Waals surface area (Å²) in [6.07, 6.45) is 0. The molecule has 0 atom stereocenters. The number of hydrogen-bond donors (Lipinski definition) is 0. The Morgan fingerprint density at radius 2 is 1.16 bits per heavy atom. The minimum absolute atomic E-state index is 0.0668. The van der Waals surface area contributed by atoms with Crippen molar-refractivity contribution in [3.05, 3.63) is 71.3 Å². The summed E-state index contributed by atoms with van der Waals surface area (Å²) in [7, 11) is 0. The summed E-state index contributed by atoms with van der Waals surface area (Å²) >= 11 is 0. The van der Waals surface area contributed by atoms with Crippen LogP contribution in [-0.2, 0) is 0 Å². The molecular weight excluding hydrogens is 320 g/mol. The number of nitrogens with zero attached hydrogens (tertiary/aromatic N) is 2. The highest BCUT2D eigenvalue weighted by molar-refractivity contribution is 6.04. The van der Waals surface area contributed by atoms with E-state index in [1.807, 2.05) is 18.2 Å². The first-order valence-electron chi connectivity index (χ1n) is 8.02. The van der Waals surface area contributed by atoms with Gasteiger partial charge in [0.25, 0.3) is 11.8 Å². The van der Waals surface area contributed by atoms with Crippen LogP contribution in [0.3, 0.4) is 0 Å². The van der Waals surface area contributed by atoms with Crippen LogP contribution >= 0.6 is 0 Å². The average Bonchev–Trinajstić information content (AvgIpc) is 2.67. The molecule has 1 heterocycles. The Kier molecular flexibility index (Phi) is 4.79. The van der Waals surface area contributed by atoms with E-state index in [1.165, 1.54) is 12.1 Å². The van der Waals surface area contributed by atoms with E-state index < -0.39 is 5.97 Å². The van der Waals surface area contributed by atoms with Crippen molar-refractivity contribution in [3.63, 3.8) is 0 Å². The van der Waals surface area contributed by atoms with Gasteiger partial charge in [-0.25, -0.2) is 0 Å². The molecule has 1 aliphatic rings. The third-order valence-corrected chi connectivity index (χ3v) is 4.25. The van der Waals surface area contributed by atoms with Crippen LogP contribution in [0.4, 0.5) is 0 Å². The van der Waals surface area contributed by atoms with Crippen LogP contribution in [-0.4, -0.2) is 53.8 Å². The van der Waals surface area contributed by atoms with Crippen molar-refractivity contribution in [2.45, 2.75) is 0 Å². The monoisotopic (exact) mass is 337 g/mol. The van der Waals surface area contributed by atoms with Crippen LogP contribution in [0.15, 0.2) is 54.6 Å². The Morgan fingerprint density at radius 1 is 0.680 bits per heavy atom. The fourth-order valence-electron chi connectivity index (χ4n) is 2.89. The quantitative estimate of drug-likeness (QED) is 0.823. The van der Waals surface area contributed by atoms with Crippen molar-refractivity contribution < 1.29 is 19.5 Å². The highest BCUT2D eigenvalue weighted by atomic mass is 16.4. The predicted octanol–water partition coefficient (Wildman–Crippen LogP) is 0.648. The number of rotatable bonds is 3. The van der Waals surface area contributed by atoms with Gasteiger partial charge in [-0.05, 0) is 18.2 Å². The molecule has 1 saturated heterocycles. The molecule has 0 aliphatic carbocycles. The summed E-state index contributed by atoms with van der Waals surface area (Å²) in [5.74, 6) is -1.80. The third kappa shape index (κ3) is 3.52. The normalized spacial score (nSPS) is 14.2. The molecule has 1 fully saturated rings. The number of carboxylic acid groups (broad SMARTS) is 1. The molecule has 0 aromatic heterocycles. The molecule has 128 valence electrons. The number of carbonyl (C=O) groups excluding carboxylic acids is 3.